The van der Waals surface area contributed by atoms with Crippen LogP contribution in [0.3, 0.4) is 0 Å². The molecule has 1 amide bonds. The van der Waals surface area contributed by atoms with Gasteiger partial charge in [0.25, 0.3) is 0 Å². The van der Waals surface area contributed by atoms with E-state index < -0.39 is 18.1 Å². The SMILES string of the molecule is O=C(O)C1CC2C[C@@H]2N1C(=O)O. The van der Waals surface area contributed by atoms with Crippen LogP contribution < -0.4 is 0 Å². The van der Waals surface area contributed by atoms with Crippen molar-refractivity contribution in [3.05, 3.63) is 0 Å². The number of nitrogens with zero attached hydrogens (tertiary/aromatic N) is 1. The molecule has 3 atom stereocenters. The van der Waals surface area contributed by atoms with E-state index in [2.05, 4.69) is 0 Å². The summed E-state index contributed by atoms with van der Waals surface area (Å²) in [6.45, 7) is 0. The Morgan fingerprint density at radius 1 is 1.25 bits per heavy atom. The van der Waals surface area contributed by atoms with E-state index in [4.69, 9.17) is 10.2 Å². The highest BCUT2D eigenvalue weighted by molar-refractivity contribution is 5.81. The summed E-state index contributed by atoms with van der Waals surface area (Å²) in [6, 6.07) is -0.810. The van der Waals surface area contributed by atoms with Crippen molar-refractivity contribution in [3.8, 4) is 0 Å². The Morgan fingerprint density at radius 3 is 2.33 bits per heavy atom. The Balaban J connectivity index is 2.16. The van der Waals surface area contributed by atoms with Gasteiger partial charge < -0.3 is 10.2 Å². The van der Waals surface area contributed by atoms with Crippen LogP contribution in [0.2, 0.25) is 0 Å². The second kappa shape index (κ2) is 2.12. The number of aliphatic carboxylic acids is 1. The predicted molar refractivity (Wildman–Crippen MR) is 37.8 cm³/mol. The third-order valence-corrected chi connectivity index (χ3v) is 2.61. The maximum atomic E-state index is 10.6. The Hall–Kier alpha value is -1.26. The van der Waals surface area contributed by atoms with Gasteiger partial charge in [0.15, 0.2) is 0 Å². The highest BCUT2D eigenvalue weighted by Gasteiger charge is 2.56. The van der Waals surface area contributed by atoms with Gasteiger partial charge in [-0.1, -0.05) is 0 Å². The molecule has 5 nitrogen and oxygen atoms in total. The van der Waals surface area contributed by atoms with E-state index in [1.807, 2.05) is 0 Å². The number of hydrogen-bond donors (Lipinski definition) is 2. The Kier molecular flexibility index (Phi) is 1.31. The van der Waals surface area contributed by atoms with Gasteiger partial charge in [0.1, 0.15) is 6.04 Å². The van der Waals surface area contributed by atoms with Crippen molar-refractivity contribution < 1.29 is 19.8 Å². The summed E-state index contributed by atoms with van der Waals surface area (Å²) in [5.74, 6) is -0.716. The van der Waals surface area contributed by atoms with Gasteiger partial charge in [-0.3, -0.25) is 4.90 Å². The zero-order valence-electron chi connectivity index (χ0n) is 6.30. The average molecular weight is 171 g/mol. The molecule has 2 aliphatic rings. The number of fused-ring (bicyclic) bond motifs is 1. The van der Waals surface area contributed by atoms with Crippen LogP contribution in [-0.4, -0.2) is 39.3 Å². The highest BCUT2D eigenvalue weighted by Crippen LogP contribution is 2.47. The zero-order chi connectivity index (χ0) is 8.88. The number of hydrogen-bond acceptors (Lipinski definition) is 2. The summed E-state index contributed by atoms with van der Waals surface area (Å²) in [5.41, 5.74) is 0. The molecule has 1 aliphatic carbocycles. The molecule has 0 radical (unpaired) electrons. The van der Waals surface area contributed by atoms with E-state index in [0.717, 1.165) is 11.3 Å². The van der Waals surface area contributed by atoms with Crippen LogP contribution in [-0.2, 0) is 4.79 Å². The van der Waals surface area contributed by atoms with Crippen LogP contribution in [0.25, 0.3) is 0 Å². The van der Waals surface area contributed by atoms with Gasteiger partial charge in [-0.15, -0.1) is 0 Å². The van der Waals surface area contributed by atoms with Crippen LogP contribution >= 0.6 is 0 Å². The minimum atomic E-state index is -1.10. The van der Waals surface area contributed by atoms with Gasteiger partial charge in [-0.05, 0) is 18.8 Å². The third-order valence-electron chi connectivity index (χ3n) is 2.61. The van der Waals surface area contributed by atoms with Crippen molar-refractivity contribution in [2.24, 2.45) is 5.92 Å². The maximum absolute atomic E-state index is 10.6. The van der Waals surface area contributed by atoms with Crippen LogP contribution in [0.5, 0.6) is 0 Å². The molecular formula is C7H9NO4. The lowest BCUT2D eigenvalue weighted by molar-refractivity contribution is -0.142. The molecule has 0 aromatic carbocycles. The molecule has 1 aliphatic heterocycles. The fraction of sp³-hybridized carbons (Fsp3) is 0.714. The molecule has 1 saturated carbocycles. The Morgan fingerprint density at radius 2 is 1.92 bits per heavy atom. The highest BCUT2D eigenvalue weighted by atomic mass is 16.4. The summed E-state index contributed by atoms with van der Waals surface area (Å²) < 4.78 is 0. The number of piperidine rings is 1. The van der Waals surface area contributed by atoms with Crippen molar-refractivity contribution in [1.29, 1.82) is 0 Å². The quantitative estimate of drug-likeness (QED) is 0.591. The first-order chi connectivity index (χ1) is 5.61. The summed E-state index contributed by atoms with van der Waals surface area (Å²) in [5, 5.41) is 17.4. The maximum Gasteiger partial charge on any atom is 0.408 e. The Labute approximate surface area is 68.6 Å². The monoisotopic (exact) mass is 171 g/mol. The van der Waals surface area contributed by atoms with E-state index in [0.29, 0.717) is 12.3 Å². The van der Waals surface area contributed by atoms with Gasteiger partial charge in [0.2, 0.25) is 0 Å². The predicted octanol–water partition coefficient (Wildman–Crippen LogP) is 0.212. The van der Waals surface area contributed by atoms with Crippen LogP contribution in [0.4, 0.5) is 4.79 Å². The van der Waals surface area contributed by atoms with Gasteiger partial charge in [0.05, 0.1) is 0 Å². The number of carbonyl (C=O) groups is 2. The summed E-state index contributed by atoms with van der Waals surface area (Å²) in [4.78, 5) is 22.3. The number of carboxylic acids is 1. The van der Waals surface area contributed by atoms with Crippen molar-refractivity contribution in [2.75, 3.05) is 0 Å². The lowest BCUT2D eigenvalue weighted by Gasteiger charge is -2.20. The summed E-state index contributed by atoms with van der Waals surface area (Å²) in [7, 11) is 0. The summed E-state index contributed by atoms with van der Waals surface area (Å²) >= 11 is 0. The van der Waals surface area contributed by atoms with Crippen LogP contribution in [0.15, 0.2) is 0 Å². The molecule has 2 fully saturated rings. The van der Waals surface area contributed by atoms with Crippen LogP contribution in [0.1, 0.15) is 12.8 Å². The summed E-state index contributed by atoms with van der Waals surface area (Å²) in [6.07, 6.45) is 0.231. The molecular weight excluding hydrogens is 162 g/mol. The lowest BCUT2D eigenvalue weighted by Crippen LogP contribution is -2.42. The number of likely N-dealkylation sites (tertiary alicyclic amines) is 1. The fourth-order valence-electron chi connectivity index (χ4n) is 1.95. The van der Waals surface area contributed by atoms with Gasteiger partial charge in [-0.2, -0.15) is 0 Å². The number of carboxylic acid groups (broad SMARTS) is 2. The fourth-order valence-corrected chi connectivity index (χ4v) is 1.95. The largest absolute Gasteiger partial charge is 0.480 e. The van der Waals surface area contributed by atoms with Gasteiger partial charge in [0, 0.05) is 6.04 Å². The average Bonchev–Trinajstić information content (AvgIpc) is 2.60. The van der Waals surface area contributed by atoms with Crippen molar-refractivity contribution in [2.45, 2.75) is 24.9 Å². The molecule has 12 heavy (non-hydrogen) atoms. The molecule has 0 spiro atoms. The van der Waals surface area contributed by atoms with E-state index in [1.165, 1.54) is 0 Å². The smallest absolute Gasteiger partial charge is 0.408 e. The van der Waals surface area contributed by atoms with Gasteiger partial charge in [-0.25, -0.2) is 9.59 Å². The minimum absolute atomic E-state index is 0.0106. The van der Waals surface area contributed by atoms with E-state index in [-0.39, 0.29) is 6.04 Å². The molecule has 0 aromatic heterocycles. The standard InChI is InChI=1S/C7H9NO4/c9-6(10)5-2-3-1-4(3)8(5)7(11)12/h3-5H,1-2H2,(H,9,10)(H,11,12)/t3?,4-,5?/m0/s1. The van der Waals surface area contributed by atoms with Crippen molar-refractivity contribution in [3.63, 3.8) is 0 Å². The molecule has 66 valence electrons. The molecule has 1 saturated heterocycles. The lowest BCUT2D eigenvalue weighted by atomic mass is 10.2. The molecule has 2 unspecified atom stereocenters. The van der Waals surface area contributed by atoms with Gasteiger partial charge >= 0.3 is 12.1 Å². The molecule has 5 heteroatoms. The molecule has 2 rings (SSSR count). The van der Waals surface area contributed by atoms with E-state index >= 15 is 0 Å². The normalized spacial score (nSPS) is 37.7. The van der Waals surface area contributed by atoms with Crippen molar-refractivity contribution in [1.82, 2.24) is 4.90 Å². The molecule has 2 N–H and O–H groups in total. The number of rotatable bonds is 1. The number of amides is 1. The van der Waals surface area contributed by atoms with E-state index in [1.54, 1.807) is 0 Å². The minimum Gasteiger partial charge on any atom is -0.480 e. The first-order valence-corrected chi connectivity index (χ1v) is 3.85. The van der Waals surface area contributed by atoms with Crippen molar-refractivity contribution >= 4 is 12.1 Å². The Bertz CT molecular complexity index is 252. The first-order valence-electron chi connectivity index (χ1n) is 3.85. The molecule has 1 heterocycles. The third kappa shape index (κ3) is 0.855. The zero-order valence-corrected chi connectivity index (χ0v) is 6.30. The molecule has 0 bridgehead atoms. The second-order valence-electron chi connectivity index (χ2n) is 3.34. The van der Waals surface area contributed by atoms with E-state index in [9.17, 15) is 9.59 Å². The van der Waals surface area contributed by atoms with Crippen LogP contribution in [0, 0.1) is 5.92 Å². The first kappa shape index (κ1) is 7.39. The topological polar surface area (TPSA) is 77.8 Å². The molecule has 0 aromatic rings. The second-order valence-corrected chi connectivity index (χ2v) is 3.34.